The van der Waals surface area contributed by atoms with E-state index in [1.165, 1.54) is 24.5 Å². The minimum Gasteiger partial charge on any atom is -0.481 e. The molecule has 1 atom stereocenters. The summed E-state index contributed by atoms with van der Waals surface area (Å²) < 4.78 is 5.19. The third-order valence-corrected chi connectivity index (χ3v) is 6.17. The number of methoxy groups -OCH3 is 1. The van der Waals surface area contributed by atoms with Crippen molar-refractivity contribution in [2.45, 2.75) is 20.0 Å². The zero-order chi connectivity index (χ0) is 21.1. The van der Waals surface area contributed by atoms with Crippen LogP contribution in [0.15, 0.2) is 42.6 Å². The summed E-state index contributed by atoms with van der Waals surface area (Å²) in [5, 5.41) is 20.8. The molecule has 0 radical (unpaired) electrons. The molecule has 0 aliphatic carbocycles. The fourth-order valence-electron chi connectivity index (χ4n) is 3.04. The number of carboxylic acid groups (broad SMARTS) is 1. The molecule has 1 unspecified atom stereocenters. The van der Waals surface area contributed by atoms with Crippen LogP contribution in [0.4, 0.5) is 0 Å². The van der Waals surface area contributed by atoms with E-state index in [2.05, 4.69) is 4.98 Å². The Kier molecular flexibility index (Phi) is 6.37. The normalized spacial score (nSPS) is 12.3. The van der Waals surface area contributed by atoms with Crippen LogP contribution in [0.25, 0.3) is 16.5 Å². The molecule has 2 N–H and O–H groups in total. The molecule has 0 saturated carbocycles. The van der Waals surface area contributed by atoms with Gasteiger partial charge in [0.2, 0.25) is 5.88 Å². The van der Waals surface area contributed by atoms with E-state index in [1.54, 1.807) is 36.5 Å². The van der Waals surface area contributed by atoms with E-state index in [-0.39, 0.29) is 0 Å². The van der Waals surface area contributed by atoms with Crippen molar-refractivity contribution in [1.82, 2.24) is 4.98 Å². The fraction of sp³-hybridized carbons (Fsp3) is 0.182. The SMILES string of the molecule is COc1cc(C=CC(=O)O)c(-c2sc(C)c(C)c2C(O)c2ccc(Cl)cc2)cn1. The monoisotopic (exact) mass is 429 g/mol. The highest BCUT2D eigenvalue weighted by Gasteiger charge is 2.24. The van der Waals surface area contributed by atoms with Crippen molar-refractivity contribution in [2.24, 2.45) is 0 Å². The maximum absolute atomic E-state index is 11.1. The first-order valence-electron chi connectivity index (χ1n) is 8.80. The third-order valence-electron chi connectivity index (χ3n) is 4.66. The van der Waals surface area contributed by atoms with Gasteiger partial charge in [-0.1, -0.05) is 23.7 Å². The van der Waals surface area contributed by atoms with Crippen LogP contribution in [0.3, 0.4) is 0 Å². The molecule has 1 aromatic carbocycles. The number of benzene rings is 1. The Hall–Kier alpha value is -2.67. The van der Waals surface area contributed by atoms with Gasteiger partial charge in [0.05, 0.1) is 7.11 Å². The Morgan fingerprint density at radius 3 is 2.59 bits per heavy atom. The number of pyridine rings is 1. The van der Waals surface area contributed by atoms with Crippen LogP contribution in [0.5, 0.6) is 5.88 Å². The van der Waals surface area contributed by atoms with Gasteiger partial charge in [-0.2, -0.15) is 0 Å². The van der Waals surface area contributed by atoms with Gasteiger partial charge in [-0.15, -0.1) is 11.3 Å². The van der Waals surface area contributed by atoms with Crippen molar-refractivity contribution < 1.29 is 19.7 Å². The standard InChI is InChI=1S/C22H20ClNO4S/c1-12-13(2)29-22(20(12)21(27)14-4-7-16(23)8-5-14)17-11-24-18(28-3)10-15(17)6-9-19(25)26/h4-11,21,27H,1-3H3,(H,25,26). The molecule has 0 fully saturated rings. The lowest BCUT2D eigenvalue weighted by molar-refractivity contribution is -0.131. The average Bonchev–Trinajstić information content (AvgIpc) is 3.00. The van der Waals surface area contributed by atoms with Crippen LogP contribution in [-0.2, 0) is 4.79 Å². The van der Waals surface area contributed by atoms with Crippen molar-refractivity contribution in [3.63, 3.8) is 0 Å². The number of aromatic nitrogens is 1. The summed E-state index contributed by atoms with van der Waals surface area (Å²) in [5.74, 6) is -0.671. The maximum atomic E-state index is 11.1. The first-order valence-corrected chi connectivity index (χ1v) is 10.00. The van der Waals surface area contributed by atoms with Gasteiger partial charge in [-0.3, -0.25) is 0 Å². The molecule has 0 saturated heterocycles. The second-order valence-electron chi connectivity index (χ2n) is 6.47. The van der Waals surface area contributed by atoms with E-state index in [0.717, 1.165) is 38.1 Å². The zero-order valence-electron chi connectivity index (χ0n) is 16.1. The summed E-state index contributed by atoms with van der Waals surface area (Å²) in [5.41, 5.74) is 3.85. The van der Waals surface area contributed by atoms with Gasteiger partial charge >= 0.3 is 5.97 Å². The van der Waals surface area contributed by atoms with Gasteiger partial charge in [-0.05, 0) is 48.7 Å². The molecule has 0 spiro atoms. The number of nitrogens with zero attached hydrogens (tertiary/aromatic N) is 1. The van der Waals surface area contributed by atoms with Crippen LogP contribution < -0.4 is 4.74 Å². The lowest BCUT2D eigenvalue weighted by Gasteiger charge is -2.16. The van der Waals surface area contributed by atoms with Crippen LogP contribution in [0.1, 0.15) is 33.2 Å². The van der Waals surface area contributed by atoms with Gasteiger partial charge < -0.3 is 14.9 Å². The second kappa shape index (κ2) is 8.78. The van der Waals surface area contributed by atoms with Crippen molar-refractivity contribution in [1.29, 1.82) is 0 Å². The Morgan fingerprint density at radius 2 is 1.97 bits per heavy atom. The Balaban J connectivity index is 2.18. The molecule has 150 valence electrons. The fourth-order valence-corrected chi connectivity index (χ4v) is 4.39. The van der Waals surface area contributed by atoms with E-state index in [1.807, 2.05) is 13.8 Å². The van der Waals surface area contributed by atoms with Gasteiger partial charge in [0, 0.05) is 44.2 Å². The van der Waals surface area contributed by atoms with Crippen molar-refractivity contribution in [2.75, 3.05) is 7.11 Å². The third kappa shape index (κ3) is 4.50. The predicted octanol–water partition coefficient (Wildman–Crippen LogP) is 5.27. The smallest absolute Gasteiger partial charge is 0.328 e. The maximum Gasteiger partial charge on any atom is 0.328 e. The number of carboxylic acids is 1. The number of hydrogen-bond acceptors (Lipinski definition) is 5. The number of aryl methyl sites for hydroxylation is 1. The van der Waals surface area contributed by atoms with Gasteiger partial charge in [0.1, 0.15) is 6.10 Å². The summed E-state index contributed by atoms with van der Waals surface area (Å²) in [6.07, 6.45) is 3.36. The van der Waals surface area contributed by atoms with E-state index in [0.29, 0.717) is 16.5 Å². The number of aliphatic carboxylic acids is 1. The molecular weight excluding hydrogens is 410 g/mol. The van der Waals surface area contributed by atoms with Crippen LogP contribution in [0.2, 0.25) is 5.02 Å². The Bertz CT molecular complexity index is 1070. The molecule has 29 heavy (non-hydrogen) atoms. The number of rotatable bonds is 6. The Morgan fingerprint density at radius 1 is 1.28 bits per heavy atom. The molecule has 3 rings (SSSR count). The van der Waals surface area contributed by atoms with Crippen molar-refractivity contribution in [3.8, 4) is 16.3 Å². The molecule has 0 bridgehead atoms. The number of aliphatic hydroxyl groups excluding tert-OH is 1. The summed E-state index contributed by atoms with van der Waals surface area (Å²) in [6, 6.07) is 8.74. The zero-order valence-corrected chi connectivity index (χ0v) is 17.7. The van der Waals surface area contributed by atoms with Gasteiger partial charge in [-0.25, -0.2) is 9.78 Å². The molecule has 0 aliphatic rings. The highest BCUT2D eigenvalue weighted by Crippen LogP contribution is 2.43. The summed E-state index contributed by atoms with van der Waals surface area (Å²) in [7, 11) is 1.50. The number of ether oxygens (including phenoxy) is 1. The first kappa shape index (κ1) is 21.0. The summed E-state index contributed by atoms with van der Waals surface area (Å²) in [4.78, 5) is 17.2. The Labute approximate surface area is 177 Å². The molecule has 0 aliphatic heterocycles. The quantitative estimate of drug-likeness (QED) is 0.522. The van der Waals surface area contributed by atoms with Crippen molar-refractivity contribution >= 4 is 35.0 Å². The van der Waals surface area contributed by atoms with E-state index < -0.39 is 12.1 Å². The van der Waals surface area contributed by atoms with Crippen LogP contribution >= 0.6 is 22.9 Å². The van der Waals surface area contributed by atoms with E-state index in [4.69, 9.17) is 21.4 Å². The number of halogens is 1. The number of carbonyl (C=O) groups is 1. The van der Waals surface area contributed by atoms with Crippen LogP contribution in [0, 0.1) is 13.8 Å². The molecular formula is C22H20ClNO4S. The number of thiophene rings is 1. The highest BCUT2D eigenvalue weighted by atomic mass is 35.5. The lowest BCUT2D eigenvalue weighted by Crippen LogP contribution is -2.02. The number of aliphatic hydroxyl groups is 1. The van der Waals surface area contributed by atoms with E-state index in [9.17, 15) is 9.90 Å². The molecule has 2 aromatic heterocycles. The van der Waals surface area contributed by atoms with Crippen molar-refractivity contribution in [3.05, 3.63) is 74.8 Å². The topological polar surface area (TPSA) is 79.7 Å². The summed E-state index contributed by atoms with van der Waals surface area (Å²) in [6.45, 7) is 3.96. The molecule has 0 amide bonds. The second-order valence-corrected chi connectivity index (χ2v) is 8.13. The first-order chi connectivity index (χ1) is 13.8. The predicted molar refractivity (Wildman–Crippen MR) is 116 cm³/mol. The lowest BCUT2D eigenvalue weighted by atomic mass is 9.94. The average molecular weight is 430 g/mol. The molecule has 3 aromatic rings. The number of hydrogen-bond donors (Lipinski definition) is 2. The van der Waals surface area contributed by atoms with Crippen LogP contribution in [-0.4, -0.2) is 28.3 Å². The molecule has 2 heterocycles. The van der Waals surface area contributed by atoms with Gasteiger partial charge in [0.25, 0.3) is 0 Å². The minimum absolute atomic E-state index is 0.378. The summed E-state index contributed by atoms with van der Waals surface area (Å²) >= 11 is 7.51. The molecule has 5 nitrogen and oxygen atoms in total. The largest absolute Gasteiger partial charge is 0.481 e. The minimum atomic E-state index is -1.05. The molecule has 7 heteroatoms. The van der Waals surface area contributed by atoms with Gasteiger partial charge in [0.15, 0.2) is 0 Å². The van der Waals surface area contributed by atoms with E-state index >= 15 is 0 Å². The highest BCUT2D eigenvalue weighted by molar-refractivity contribution is 7.15.